The summed E-state index contributed by atoms with van der Waals surface area (Å²) in [6.45, 7) is 3.77. The minimum atomic E-state index is -1.12. The second-order valence-corrected chi connectivity index (χ2v) is 6.14. The van der Waals surface area contributed by atoms with Gasteiger partial charge in [0.1, 0.15) is 11.0 Å². The molecular formula is C19H19N3O4. The third-order valence-electron chi connectivity index (χ3n) is 4.32. The van der Waals surface area contributed by atoms with Gasteiger partial charge in [-0.05, 0) is 31.9 Å². The first-order valence-corrected chi connectivity index (χ1v) is 8.25. The number of hydrogen-bond donors (Lipinski definition) is 1. The Morgan fingerprint density at radius 2 is 1.96 bits per heavy atom. The molecule has 0 radical (unpaired) electrons. The van der Waals surface area contributed by atoms with Crippen LogP contribution in [0.3, 0.4) is 0 Å². The number of carboxylic acids is 1. The average Bonchev–Trinajstić information content (AvgIpc) is 3.07. The van der Waals surface area contributed by atoms with E-state index >= 15 is 0 Å². The van der Waals surface area contributed by atoms with Crippen molar-refractivity contribution in [3.8, 4) is 0 Å². The number of carbonyl (C=O) groups is 2. The average molecular weight is 353 g/mol. The van der Waals surface area contributed by atoms with Crippen LogP contribution in [0.15, 0.2) is 48.8 Å². The Bertz CT molecular complexity index is 952. The number of hydrogen-bond acceptors (Lipinski definition) is 5. The van der Waals surface area contributed by atoms with Crippen molar-refractivity contribution < 1.29 is 19.4 Å². The second kappa shape index (κ2) is 6.95. The fourth-order valence-electron chi connectivity index (χ4n) is 3.02. The lowest BCUT2D eigenvalue weighted by Gasteiger charge is -2.28. The van der Waals surface area contributed by atoms with Gasteiger partial charge in [-0.25, -0.2) is 14.3 Å². The van der Waals surface area contributed by atoms with Crippen molar-refractivity contribution in [2.24, 2.45) is 0 Å². The van der Waals surface area contributed by atoms with E-state index in [-0.39, 0.29) is 17.8 Å². The molecule has 0 bridgehead atoms. The van der Waals surface area contributed by atoms with Crippen LogP contribution in [-0.2, 0) is 21.4 Å². The van der Waals surface area contributed by atoms with Gasteiger partial charge in [-0.3, -0.25) is 4.79 Å². The lowest BCUT2D eigenvalue weighted by molar-refractivity contribution is -0.149. The highest BCUT2D eigenvalue weighted by molar-refractivity contribution is 5.94. The van der Waals surface area contributed by atoms with Gasteiger partial charge in [0.15, 0.2) is 5.65 Å². The van der Waals surface area contributed by atoms with E-state index in [9.17, 15) is 14.7 Å². The summed E-state index contributed by atoms with van der Waals surface area (Å²) in [6.07, 6.45) is 3.11. The molecule has 0 fully saturated rings. The normalized spacial score (nSPS) is 13.3. The summed E-state index contributed by atoms with van der Waals surface area (Å²) in [5.41, 5.74) is 0.604. The summed E-state index contributed by atoms with van der Waals surface area (Å²) < 4.78 is 6.73. The molecule has 26 heavy (non-hydrogen) atoms. The third-order valence-corrected chi connectivity index (χ3v) is 4.32. The topological polar surface area (TPSA) is 93.8 Å². The van der Waals surface area contributed by atoms with Crippen molar-refractivity contribution in [3.63, 3.8) is 0 Å². The number of esters is 1. The van der Waals surface area contributed by atoms with E-state index in [1.54, 1.807) is 19.9 Å². The van der Waals surface area contributed by atoms with Crippen LogP contribution >= 0.6 is 0 Å². The molecule has 1 unspecified atom stereocenters. The van der Waals surface area contributed by atoms with Gasteiger partial charge >= 0.3 is 11.9 Å². The summed E-state index contributed by atoms with van der Waals surface area (Å²) in [7, 11) is 0. The first-order valence-electron chi connectivity index (χ1n) is 8.25. The third kappa shape index (κ3) is 3.03. The van der Waals surface area contributed by atoms with Crippen LogP contribution in [0.5, 0.6) is 0 Å². The molecule has 0 saturated heterocycles. The van der Waals surface area contributed by atoms with E-state index < -0.39 is 17.4 Å². The predicted octanol–water partition coefficient (Wildman–Crippen LogP) is 2.49. The molecule has 2 aromatic heterocycles. The fraction of sp³-hybridized carbons (Fsp3) is 0.263. The molecule has 3 rings (SSSR count). The van der Waals surface area contributed by atoms with Crippen LogP contribution in [0.2, 0.25) is 0 Å². The number of nitrogens with zero attached hydrogens (tertiary/aromatic N) is 3. The van der Waals surface area contributed by atoms with Gasteiger partial charge in [0.05, 0.1) is 18.5 Å². The first kappa shape index (κ1) is 17.6. The van der Waals surface area contributed by atoms with Gasteiger partial charge in [0.25, 0.3) is 0 Å². The number of carboxylic acid groups (broad SMARTS) is 1. The largest absolute Gasteiger partial charge is 0.477 e. The monoisotopic (exact) mass is 353 g/mol. The summed E-state index contributed by atoms with van der Waals surface area (Å²) in [5.74, 6) is -1.52. The zero-order valence-electron chi connectivity index (χ0n) is 14.5. The van der Waals surface area contributed by atoms with E-state index in [4.69, 9.17) is 4.74 Å². The zero-order valence-corrected chi connectivity index (χ0v) is 14.5. The van der Waals surface area contributed by atoms with Gasteiger partial charge < -0.3 is 9.84 Å². The SMILES string of the molecule is CCOC(=O)C(C)(Cc1ccccc1)c1ccnc2c(C(=O)O)cnn12. The summed E-state index contributed by atoms with van der Waals surface area (Å²) in [6, 6.07) is 11.2. The molecule has 134 valence electrons. The second-order valence-electron chi connectivity index (χ2n) is 6.14. The lowest BCUT2D eigenvalue weighted by Crippen LogP contribution is -2.38. The summed E-state index contributed by atoms with van der Waals surface area (Å²) in [5, 5.41) is 13.5. The zero-order chi connectivity index (χ0) is 18.7. The number of aromatic nitrogens is 3. The van der Waals surface area contributed by atoms with Crippen molar-refractivity contribution >= 4 is 17.6 Å². The maximum absolute atomic E-state index is 12.9. The van der Waals surface area contributed by atoms with Gasteiger partial charge in [-0.1, -0.05) is 30.3 Å². The first-order chi connectivity index (χ1) is 12.5. The molecule has 7 heteroatoms. The highest BCUT2D eigenvalue weighted by atomic mass is 16.5. The molecule has 1 atom stereocenters. The van der Waals surface area contributed by atoms with Crippen molar-refractivity contribution in [1.82, 2.24) is 14.6 Å². The molecule has 2 heterocycles. The van der Waals surface area contributed by atoms with Gasteiger partial charge in [0, 0.05) is 6.20 Å². The Morgan fingerprint density at radius 3 is 2.62 bits per heavy atom. The molecule has 0 saturated carbocycles. The standard InChI is InChI=1S/C19H19N3O4/c1-3-26-18(25)19(2,11-13-7-5-4-6-8-13)15-9-10-20-16-14(17(23)24)12-21-22(15)16/h4-10,12H,3,11H2,1-2H3,(H,23,24). The quantitative estimate of drug-likeness (QED) is 0.684. The minimum absolute atomic E-state index is 0.0160. The number of benzene rings is 1. The van der Waals surface area contributed by atoms with Crippen LogP contribution in [0.25, 0.3) is 5.65 Å². The van der Waals surface area contributed by atoms with E-state index in [1.165, 1.54) is 16.9 Å². The maximum atomic E-state index is 12.9. The van der Waals surface area contributed by atoms with Crippen molar-refractivity contribution in [2.75, 3.05) is 6.61 Å². The number of ether oxygens (including phenoxy) is 1. The summed E-state index contributed by atoms with van der Waals surface area (Å²) in [4.78, 5) is 28.3. The van der Waals surface area contributed by atoms with Crippen LogP contribution in [0.4, 0.5) is 0 Å². The number of carbonyl (C=O) groups excluding carboxylic acids is 1. The molecule has 1 aromatic carbocycles. The highest BCUT2D eigenvalue weighted by Crippen LogP contribution is 2.30. The van der Waals surface area contributed by atoms with Crippen molar-refractivity contribution in [3.05, 3.63) is 65.6 Å². The smallest absolute Gasteiger partial charge is 0.341 e. The van der Waals surface area contributed by atoms with E-state index in [1.807, 2.05) is 30.3 Å². The Morgan fingerprint density at radius 1 is 1.23 bits per heavy atom. The highest BCUT2D eigenvalue weighted by Gasteiger charge is 2.40. The van der Waals surface area contributed by atoms with Crippen LogP contribution < -0.4 is 0 Å². The molecule has 3 aromatic rings. The molecule has 0 aliphatic rings. The molecule has 0 aliphatic heterocycles. The lowest BCUT2D eigenvalue weighted by atomic mass is 9.80. The molecule has 0 amide bonds. The molecule has 0 spiro atoms. The van der Waals surface area contributed by atoms with Crippen LogP contribution in [0.1, 0.15) is 35.5 Å². The maximum Gasteiger partial charge on any atom is 0.341 e. The molecule has 0 aliphatic carbocycles. The number of rotatable bonds is 6. The Labute approximate surface area is 150 Å². The molecule has 1 N–H and O–H groups in total. The van der Waals surface area contributed by atoms with Crippen LogP contribution in [0, 0.1) is 0 Å². The van der Waals surface area contributed by atoms with E-state index in [0.29, 0.717) is 12.1 Å². The van der Waals surface area contributed by atoms with Crippen LogP contribution in [-0.4, -0.2) is 38.3 Å². The number of aromatic carboxylic acids is 1. The van der Waals surface area contributed by atoms with E-state index in [2.05, 4.69) is 10.1 Å². The Balaban J connectivity index is 2.17. The van der Waals surface area contributed by atoms with Gasteiger partial charge in [0.2, 0.25) is 0 Å². The van der Waals surface area contributed by atoms with E-state index in [0.717, 1.165) is 5.56 Å². The minimum Gasteiger partial charge on any atom is -0.477 e. The van der Waals surface area contributed by atoms with Crippen molar-refractivity contribution in [2.45, 2.75) is 25.7 Å². The van der Waals surface area contributed by atoms with Gasteiger partial charge in [-0.2, -0.15) is 5.10 Å². The summed E-state index contributed by atoms with van der Waals surface area (Å²) >= 11 is 0. The molecular weight excluding hydrogens is 334 g/mol. The predicted molar refractivity (Wildman–Crippen MR) is 94.1 cm³/mol. The number of fused-ring (bicyclic) bond motifs is 1. The fourth-order valence-corrected chi connectivity index (χ4v) is 3.02. The Kier molecular flexibility index (Phi) is 4.71. The Hall–Kier alpha value is -3.22. The van der Waals surface area contributed by atoms with Crippen molar-refractivity contribution in [1.29, 1.82) is 0 Å². The molecule has 7 nitrogen and oxygen atoms in total. The van der Waals surface area contributed by atoms with Gasteiger partial charge in [-0.15, -0.1) is 0 Å².